The molecule has 0 spiro atoms. The quantitative estimate of drug-likeness (QED) is 0.374. The first-order valence-electron chi connectivity index (χ1n) is 9.45. The van der Waals surface area contributed by atoms with Crippen LogP contribution in [-0.4, -0.2) is 47.0 Å². The van der Waals surface area contributed by atoms with Gasteiger partial charge in [-0.2, -0.15) is 0 Å². The number of aliphatic imine (C=N–C) groups is 1. The molecule has 0 unspecified atom stereocenters. The van der Waals surface area contributed by atoms with Crippen LogP contribution in [-0.2, 0) is 17.7 Å². The van der Waals surface area contributed by atoms with Crippen LogP contribution in [0.25, 0.3) is 0 Å². The lowest BCUT2D eigenvalue weighted by atomic mass is 10.1. The monoisotopic (exact) mass is 385 g/mol. The van der Waals surface area contributed by atoms with Crippen molar-refractivity contribution in [2.45, 2.75) is 19.9 Å². The fourth-order valence-electron chi connectivity index (χ4n) is 2.80. The maximum Gasteiger partial charge on any atom is 0.191 e. The predicted octanol–water partition coefficient (Wildman–Crippen LogP) is 2.94. The van der Waals surface area contributed by atoms with Gasteiger partial charge in [-0.05, 0) is 36.6 Å². The van der Waals surface area contributed by atoms with Gasteiger partial charge in [-0.1, -0.05) is 30.3 Å². The van der Waals surface area contributed by atoms with Crippen molar-refractivity contribution in [3.05, 3.63) is 59.2 Å². The minimum atomic E-state index is 0.527. The van der Waals surface area contributed by atoms with Crippen LogP contribution in [0.2, 0.25) is 0 Å². The molecule has 2 N–H and O–H groups in total. The van der Waals surface area contributed by atoms with E-state index in [0.29, 0.717) is 19.8 Å². The summed E-state index contributed by atoms with van der Waals surface area (Å²) in [6.07, 6.45) is 0.848. The van der Waals surface area contributed by atoms with Gasteiger partial charge in [0.15, 0.2) is 5.96 Å². The average Bonchev–Trinajstić information content (AvgIpc) is 2.72. The van der Waals surface area contributed by atoms with Gasteiger partial charge < -0.3 is 24.8 Å². The molecule has 0 aromatic heterocycles. The number of hydrogen-bond acceptors (Lipinski definition) is 4. The molecule has 28 heavy (non-hydrogen) atoms. The first kappa shape index (κ1) is 21.6. The Morgan fingerprint density at radius 1 is 0.964 bits per heavy atom. The number of aryl methyl sites for hydroxylation is 1. The molecule has 0 fully saturated rings. The zero-order valence-corrected chi connectivity index (χ0v) is 17.2. The van der Waals surface area contributed by atoms with E-state index in [4.69, 9.17) is 14.2 Å². The number of benzene rings is 2. The second-order valence-corrected chi connectivity index (χ2v) is 6.37. The summed E-state index contributed by atoms with van der Waals surface area (Å²) in [6.45, 7) is 4.52. The Bertz CT molecular complexity index is 762. The van der Waals surface area contributed by atoms with Gasteiger partial charge in [-0.3, -0.25) is 4.99 Å². The number of hydrogen-bond donors (Lipinski definition) is 2. The van der Waals surface area contributed by atoms with Crippen molar-refractivity contribution in [3.63, 3.8) is 0 Å². The third kappa shape index (κ3) is 6.78. The van der Waals surface area contributed by atoms with E-state index < -0.39 is 0 Å². The zero-order chi connectivity index (χ0) is 20.2. The van der Waals surface area contributed by atoms with E-state index >= 15 is 0 Å². The number of rotatable bonds is 10. The lowest BCUT2D eigenvalue weighted by Gasteiger charge is -2.16. The summed E-state index contributed by atoms with van der Waals surface area (Å²) in [5, 5.41) is 6.69. The third-order valence-electron chi connectivity index (χ3n) is 4.32. The molecule has 0 amide bonds. The number of ether oxygens (including phenoxy) is 3. The molecule has 0 saturated heterocycles. The van der Waals surface area contributed by atoms with Crippen LogP contribution in [0.4, 0.5) is 0 Å². The van der Waals surface area contributed by atoms with Gasteiger partial charge in [0.05, 0.1) is 13.7 Å². The van der Waals surface area contributed by atoms with Crippen molar-refractivity contribution in [2.75, 3.05) is 41.0 Å². The van der Waals surface area contributed by atoms with Crippen LogP contribution in [0.1, 0.15) is 16.7 Å². The summed E-state index contributed by atoms with van der Waals surface area (Å²) in [4.78, 5) is 4.30. The van der Waals surface area contributed by atoms with E-state index in [0.717, 1.165) is 41.6 Å². The minimum absolute atomic E-state index is 0.527. The van der Waals surface area contributed by atoms with E-state index in [1.165, 1.54) is 5.56 Å². The predicted molar refractivity (Wildman–Crippen MR) is 113 cm³/mol. The number of methoxy groups -OCH3 is 2. The Kier molecular flexibility index (Phi) is 9.15. The van der Waals surface area contributed by atoms with Crippen LogP contribution in [0.15, 0.2) is 47.5 Å². The van der Waals surface area contributed by atoms with E-state index in [1.807, 2.05) is 24.3 Å². The standard InChI is InChI=1S/C22H31N3O3/c1-17-9-10-19(21(15-17)28-14-13-26-3)16-25-22(23-2)24-12-11-18-7-5-6-8-20(18)27-4/h5-10,15H,11-14,16H2,1-4H3,(H2,23,24,25). The highest BCUT2D eigenvalue weighted by atomic mass is 16.5. The summed E-state index contributed by atoms with van der Waals surface area (Å²) in [5.41, 5.74) is 3.41. The van der Waals surface area contributed by atoms with Gasteiger partial charge in [0, 0.05) is 32.8 Å². The van der Waals surface area contributed by atoms with Gasteiger partial charge >= 0.3 is 0 Å². The molecule has 2 rings (SSSR count). The molecular weight excluding hydrogens is 354 g/mol. The molecule has 6 heteroatoms. The summed E-state index contributed by atoms with van der Waals surface area (Å²) in [7, 11) is 5.13. The highest BCUT2D eigenvalue weighted by molar-refractivity contribution is 5.79. The summed E-state index contributed by atoms with van der Waals surface area (Å²) < 4.78 is 16.3. The topological polar surface area (TPSA) is 64.1 Å². The maximum atomic E-state index is 5.85. The van der Waals surface area contributed by atoms with Gasteiger partial charge in [-0.15, -0.1) is 0 Å². The fraction of sp³-hybridized carbons (Fsp3) is 0.409. The van der Waals surface area contributed by atoms with Gasteiger partial charge in [-0.25, -0.2) is 0 Å². The zero-order valence-electron chi connectivity index (χ0n) is 17.2. The Hall–Kier alpha value is -2.73. The van der Waals surface area contributed by atoms with Gasteiger partial charge in [0.25, 0.3) is 0 Å². The van der Waals surface area contributed by atoms with Crippen molar-refractivity contribution in [2.24, 2.45) is 4.99 Å². The van der Waals surface area contributed by atoms with Crippen LogP contribution in [0.5, 0.6) is 11.5 Å². The summed E-state index contributed by atoms with van der Waals surface area (Å²) >= 11 is 0. The Morgan fingerprint density at radius 3 is 2.54 bits per heavy atom. The SMILES string of the molecule is CN=C(NCCc1ccccc1OC)NCc1ccc(C)cc1OCCOC. The Morgan fingerprint density at radius 2 is 1.79 bits per heavy atom. The molecule has 2 aromatic rings. The van der Waals surface area contributed by atoms with Crippen molar-refractivity contribution < 1.29 is 14.2 Å². The smallest absolute Gasteiger partial charge is 0.191 e. The summed E-state index contributed by atoms with van der Waals surface area (Å²) in [5.74, 6) is 2.53. The number of para-hydroxylation sites is 1. The number of guanidine groups is 1. The third-order valence-corrected chi connectivity index (χ3v) is 4.32. The van der Waals surface area contributed by atoms with Crippen molar-refractivity contribution >= 4 is 5.96 Å². The largest absolute Gasteiger partial charge is 0.496 e. The molecular formula is C22H31N3O3. The van der Waals surface area contributed by atoms with Crippen LogP contribution < -0.4 is 20.1 Å². The molecule has 0 saturated carbocycles. The molecule has 2 aromatic carbocycles. The van der Waals surface area contributed by atoms with E-state index in [9.17, 15) is 0 Å². The molecule has 0 heterocycles. The molecule has 0 bridgehead atoms. The van der Waals surface area contributed by atoms with Crippen molar-refractivity contribution in [1.29, 1.82) is 0 Å². The number of nitrogens with zero attached hydrogens (tertiary/aromatic N) is 1. The highest BCUT2D eigenvalue weighted by Crippen LogP contribution is 2.20. The molecule has 0 atom stereocenters. The normalized spacial score (nSPS) is 11.2. The van der Waals surface area contributed by atoms with Crippen LogP contribution >= 0.6 is 0 Å². The fourth-order valence-corrected chi connectivity index (χ4v) is 2.80. The first-order chi connectivity index (χ1) is 13.7. The minimum Gasteiger partial charge on any atom is -0.496 e. The second-order valence-electron chi connectivity index (χ2n) is 6.37. The maximum absolute atomic E-state index is 5.85. The van der Waals surface area contributed by atoms with E-state index in [2.05, 4.69) is 40.7 Å². The number of nitrogens with one attached hydrogen (secondary N) is 2. The molecule has 0 aliphatic carbocycles. The molecule has 152 valence electrons. The molecule has 0 aliphatic rings. The molecule has 6 nitrogen and oxygen atoms in total. The second kappa shape index (κ2) is 11.9. The van der Waals surface area contributed by atoms with Crippen molar-refractivity contribution in [3.8, 4) is 11.5 Å². The van der Waals surface area contributed by atoms with Crippen LogP contribution in [0, 0.1) is 6.92 Å². The first-order valence-corrected chi connectivity index (χ1v) is 9.45. The molecule has 0 radical (unpaired) electrons. The van der Waals surface area contributed by atoms with Crippen LogP contribution in [0.3, 0.4) is 0 Å². The lowest BCUT2D eigenvalue weighted by Crippen LogP contribution is -2.38. The van der Waals surface area contributed by atoms with Crippen molar-refractivity contribution in [1.82, 2.24) is 10.6 Å². The lowest BCUT2D eigenvalue weighted by molar-refractivity contribution is 0.145. The highest BCUT2D eigenvalue weighted by Gasteiger charge is 2.07. The summed E-state index contributed by atoms with van der Waals surface area (Å²) in [6, 6.07) is 14.3. The Labute approximate surface area is 167 Å². The Balaban J connectivity index is 1.88. The van der Waals surface area contributed by atoms with E-state index in [1.54, 1.807) is 21.3 Å². The molecule has 0 aliphatic heterocycles. The van der Waals surface area contributed by atoms with Gasteiger partial charge in [0.1, 0.15) is 18.1 Å². The van der Waals surface area contributed by atoms with E-state index in [-0.39, 0.29) is 0 Å². The average molecular weight is 386 g/mol. The van der Waals surface area contributed by atoms with Gasteiger partial charge in [0.2, 0.25) is 0 Å².